The summed E-state index contributed by atoms with van der Waals surface area (Å²) in [6.07, 6.45) is 4.89. The Morgan fingerprint density at radius 3 is 2.64 bits per heavy atom. The molecular weight excluding hydrogens is 346 g/mol. The monoisotopic (exact) mass is 381 g/mol. The largest absolute Gasteiger partial charge is 0.497 e. The van der Waals surface area contributed by atoms with Crippen LogP contribution in [0, 0.1) is 0 Å². The van der Waals surface area contributed by atoms with Crippen molar-refractivity contribution in [1.82, 2.24) is 4.90 Å². The van der Waals surface area contributed by atoms with Crippen molar-refractivity contribution in [2.45, 2.75) is 57.5 Å². The van der Waals surface area contributed by atoms with Crippen LogP contribution in [0.3, 0.4) is 0 Å². The molecule has 0 saturated carbocycles. The summed E-state index contributed by atoms with van der Waals surface area (Å²) in [7, 11) is 1.71. The van der Waals surface area contributed by atoms with Gasteiger partial charge in [-0.1, -0.05) is 50.2 Å². The maximum absolute atomic E-state index is 12.2. The molecule has 0 unspecified atom stereocenters. The quantitative estimate of drug-likeness (QED) is 0.644. The van der Waals surface area contributed by atoms with E-state index in [9.17, 15) is 5.11 Å². The van der Waals surface area contributed by atoms with E-state index < -0.39 is 5.60 Å². The molecule has 2 atom stereocenters. The number of methoxy groups -OCH3 is 1. The third kappa shape index (κ3) is 4.42. The van der Waals surface area contributed by atoms with Crippen LogP contribution in [0.25, 0.3) is 0 Å². The van der Waals surface area contributed by atoms with Crippen LogP contribution in [0.1, 0.15) is 62.1 Å². The summed E-state index contributed by atoms with van der Waals surface area (Å²) >= 11 is 0. The fourth-order valence-electron chi connectivity index (χ4n) is 4.81. The second kappa shape index (κ2) is 9.58. The minimum atomic E-state index is -0.841. The Morgan fingerprint density at radius 2 is 1.89 bits per heavy atom. The maximum atomic E-state index is 12.2. The topological polar surface area (TPSA) is 32.7 Å². The zero-order valence-corrected chi connectivity index (χ0v) is 17.7. The third-order valence-corrected chi connectivity index (χ3v) is 6.42. The second-order valence-corrected chi connectivity index (χ2v) is 7.93. The van der Waals surface area contributed by atoms with Gasteiger partial charge in [0.05, 0.1) is 12.7 Å². The summed E-state index contributed by atoms with van der Waals surface area (Å²) in [5.41, 5.74) is 2.77. The molecule has 1 N–H and O–H groups in total. The van der Waals surface area contributed by atoms with Crippen LogP contribution in [-0.4, -0.2) is 36.8 Å². The van der Waals surface area contributed by atoms with Crippen molar-refractivity contribution in [3.63, 3.8) is 0 Å². The summed E-state index contributed by atoms with van der Waals surface area (Å²) in [5.74, 6) is 0.948. The minimum Gasteiger partial charge on any atom is -0.497 e. The predicted molar refractivity (Wildman–Crippen MR) is 116 cm³/mol. The van der Waals surface area contributed by atoms with Crippen molar-refractivity contribution >= 4 is 0 Å². The number of benzene rings is 2. The standard InChI is InChI=1S/C25H35NO2/c1-4-26(5-2)18-10-17-25(27)23-15-7-6-11-20(23)12-9-16-24(25)21-13-8-14-22(19-21)28-3/h6-8,11,13-15,19,24,27H,4-5,9-10,12,16-18H2,1-3H3/t24-,25+/m1/s1. The average Bonchev–Trinajstić information content (AvgIpc) is 2.88. The fraction of sp³-hybridized carbons (Fsp3) is 0.520. The molecule has 3 heteroatoms. The van der Waals surface area contributed by atoms with Gasteiger partial charge in [0.15, 0.2) is 0 Å². The first-order chi connectivity index (χ1) is 13.6. The van der Waals surface area contributed by atoms with Crippen LogP contribution in [-0.2, 0) is 12.0 Å². The molecule has 0 heterocycles. The van der Waals surface area contributed by atoms with Crippen molar-refractivity contribution in [1.29, 1.82) is 0 Å². The maximum Gasteiger partial charge on any atom is 0.119 e. The van der Waals surface area contributed by atoms with Gasteiger partial charge in [-0.2, -0.15) is 0 Å². The molecule has 1 aliphatic rings. The number of hydrogen-bond acceptors (Lipinski definition) is 3. The zero-order chi connectivity index (χ0) is 20.0. The summed E-state index contributed by atoms with van der Waals surface area (Å²) < 4.78 is 5.47. The highest BCUT2D eigenvalue weighted by Crippen LogP contribution is 2.47. The van der Waals surface area contributed by atoms with Gasteiger partial charge >= 0.3 is 0 Å². The van der Waals surface area contributed by atoms with Crippen LogP contribution in [0.2, 0.25) is 0 Å². The smallest absolute Gasteiger partial charge is 0.119 e. The van der Waals surface area contributed by atoms with Crippen molar-refractivity contribution in [3.8, 4) is 5.75 Å². The summed E-state index contributed by atoms with van der Waals surface area (Å²) in [5, 5.41) is 12.2. The third-order valence-electron chi connectivity index (χ3n) is 6.42. The first-order valence-electron chi connectivity index (χ1n) is 10.8. The van der Waals surface area contributed by atoms with E-state index in [2.05, 4.69) is 55.1 Å². The van der Waals surface area contributed by atoms with Crippen LogP contribution < -0.4 is 4.74 Å². The van der Waals surface area contributed by atoms with Crippen LogP contribution in [0.4, 0.5) is 0 Å². The molecule has 152 valence electrons. The molecule has 1 aliphatic carbocycles. The highest BCUT2D eigenvalue weighted by atomic mass is 16.5. The SMILES string of the molecule is CCN(CC)CCC[C@]1(O)c2ccccc2CCC[C@@H]1c1cccc(OC)c1. The van der Waals surface area contributed by atoms with Crippen molar-refractivity contribution in [3.05, 3.63) is 65.2 Å². The molecular formula is C25H35NO2. The number of aliphatic hydroxyl groups is 1. The van der Waals surface area contributed by atoms with Crippen molar-refractivity contribution in [2.24, 2.45) is 0 Å². The van der Waals surface area contributed by atoms with E-state index in [0.717, 1.165) is 63.1 Å². The molecule has 3 rings (SSSR count). The summed E-state index contributed by atoms with van der Waals surface area (Å²) in [6, 6.07) is 16.8. The number of rotatable bonds is 8. The molecule has 0 saturated heterocycles. The van der Waals surface area contributed by atoms with E-state index in [1.54, 1.807) is 7.11 Å². The zero-order valence-electron chi connectivity index (χ0n) is 17.7. The van der Waals surface area contributed by atoms with Crippen LogP contribution in [0.5, 0.6) is 5.75 Å². The van der Waals surface area contributed by atoms with Gasteiger partial charge < -0.3 is 14.7 Å². The molecule has 3 nitrogen and oxygen atoms in total. The van der Waals surface area contributed by atoms with Gasteiger partial charge in [0, 0.05) is 5.92 Å². The first-order valence-corrected chi connectivity index (χ1v) is 10.8. The highest BCUT2D eigenvalue weighted by Gasteiger charge is 2.41. The van der Waals surface area contributed by atoms with E-state index in [1.165, 1.54) is 11.1 Å². The van der Waals surface area contributed by atoms with E-state index in [4.69, 9.17) is 4.74 Å². The summed E-state index contributed by atoms with van der Waals surface area (Å²) in [4.78, 5) is 2.44. The van der Waals surface area contributed by atoms with Gasteiger partial charge in [-0.15, -0.1) is 0 Å². The molecule has 0 aromatic heterocycles. The lowest BCUT2D eigenvalue weighted by atomic mass is 9.73. The molecule has 0 fully saturated rings. The summed E-state index contributed by atoms with van der Waals surface area (Å²) in [6.45, 7) is 7.56. The van der Waals surface area contributed by atoms with E-state index in [1.807, 2.05) is 12.1 Å². The molecule has 0 aliphatic heterocycles. The lowest BCUT2D eigenvalue weighted by Gasteiger charge is -2.37. The Morgan fingerprint density at radius 1 is 1.11 bits per heavy atom. The van der Waals surface area contributed by atoms with Gasteiger partial charge in [-0.3, -0.25) is 0 Å². The lowest BCUT2D eigenvalue weighted by molar-refractivity contribution is -0.00674. The van der Waals surface area contributed by atoms with Crippen LogP contribution in [0.15, 0.2) is 48.5 Å². The predicted octanol–water partition coefficient (Wildman–Crippen LogP) is 5.12. The van der Waals surface area contributed by atoms with E-state index in [0.29, 0.717) is 0 Å². The number of fused-ring (bicyclic) bond motifs is 1. The van der Waals surface area contributed by atoms with Crippen molar-refractivity contribution < 1.29 is 9.84 Å². The van der Waals surface area contributed by atoms with Gasteiger partial charge in [-0.25, -0.2) is 0 Å². The molecule has 2 aromatic carbocycles. The van der Waals surface area contributed by atoms with Gasteiger partial charge in [0.1, 0.15) is 5.75 Å². The van der Waals surface area contributed by atoms with Crippen LogP contribution >= 0.6 is 0 Å². The Labute approximate surface area is 170 Å². The van der Waals surface area contributed by atoms with Gasteiger partial charge in [-0.05, 0) is 80.6 Å². The van der Waals surface area contributed by atoms with Gasteiger partial charge in [0.25, 0.3) is 0 Å². The lowest BCUT2D eigenvalue weighted by Crippen LogP contribution is -2.35. The van der Waals surface area contributed by atoms with Crippen molar-refractivity contribution in [2.75, 3.05) is 26.7 Å². The molecule has 2 aromatic rings. The molecule has 28 heavy (non-hydrogen) atoms. The number of nitrogens with zero attached hydrogens (tertiary/aromatic N) is 1. The number of hydrogen-bond donors (Lipinski definition) is 1. The minimum absolute atomic E-state index is 0.0861. The Balaban J connectivity index is 1.96. The van der Waals surface area contributed by atoms with E-state index in [-0.39, 0.29) is 5.92 Å². The molecule has 0 spiro atoms. The Kier molecular flexibility index (Phi) is 7.14. The molecule has 0 amide bonds. The van der Waals surface area contributed by atoms with Gasteiger partial charge in [0.2, 0.25) is 0 Å². The Bertz CT molecular complexity index is 756. The number of ether oxygens (including phenoxy) is 1. The second-order valence-electron chi connectivity index (χ2n) is 7.93. The molecule has 0 bridgehead atoms. The fourth-order valence-corrected chi connectivity index (χ4v) is 4.81. The Hall–Kier alpha value is -1.84. The average molecular weight is 382 g/mol. The first kappa shape index (κ1) is 20.9. The normalized spacial score (nSPS) is 22.0. The molecule has 0 radical (unpaired) electrons. The highest BCUT2D eigenvalue weighted by molar-refractivity contribution is 5.40. The van der Waals surface area contributed by atoms with E-state index >= 15 is 0 Å². The number of aryl methyl sites for hydroxylation is 1.